The number of aryl methyl sites for hydroxylation is 1. The van der Waals surface area contributed by atoms with E-state index in [4.69, 9.17) is 9.15 Å². The van der Waals surface area contributed by atoms with Gasteiger partial charge in [0.05, 0.1) is 12.9 Å². The van der Waals surface area contributed by atoms with Gasteiger partial charge in [0.15, 0.2) is 0 Å². The third-order valence-corrected chi connectivity index (χ3v) is 4.17. The van der Waals surface area contributed by atoms with E-state index < -0.39 is 0 Å². The molecule has 1 N–H and O–H groups in total. The van der Waals surface area contributed by atoms with Crippen molar-refractivity contribution in [2.45, 2.75) is 12.1 Å². The zero-order valence-electron chi connectivity index (χ0n) is 13.9. The molecule has 6 nitrogen and oxygen atoms in total. The Morgan fingerprint density at radius 3 is 2.84 bits per heavy atom. The average molecular weight is 355 g/mol. The zero-order chi connectivity index (χ0) is 17.6. The number of thioether (sulfide) groups is 1. The molecule has 1 heterocycles. The lowest BCUT2D eigenvalue weighted by Crippen LogP contribution is -2.13. The van der Waals surface area contributed by atoms with E-state index in [-0.39, 0.29) is 11.7 Å². The quantitative estimate of drug-likeness (QED) is 0.678. The molecule has 0 aliphatic carbocycles. The number of ether oxygens (including phenoxy) is 1. The molecule has 0 spiro atoms. The molecular weight excluding hydrogens is 338 g/mol. The number of nitrogens with one attached hydrogen (secondary N) is 1. The first-order valence-corrected chi connectivity index (χ1v) is 8.60. The van der Waals surface area contributed by atoms with Crippen molar-refractivity contribution in [2.75, 3.05) is 18.2 Å². The van der Waals surface area contributed by atoms with Gasteiger partial charge >= 0.3 is 0 Å². The van der Waals surface area contributed by atoms with E-state index in [1.54, 1.807) is 7.11 Å². The van der Waals surface area contributed by atoms with E-state index in [9.17, 15) is 4.79 Å². The van der Waals surface area contributed by atoms with E-state index >= 15 is 0 Å². The molecule has 3 aromatic rings. The Morgan fingerprint density at radius 1 is 1.20 bits per heavy atom. The van der Waals surface area contributed by atoms with Crippen molar-refractivity contribution in [3.63, 3.8) is 0 Å². The molecule has 0 atom stereocenters. The van der Waals surface area contributed by atoms with Crippen molar-refractivity contribution >= 4 is 23.4 Å². The van der Waals surface area contributed by atoms with Gasteiger partial charge in [-0.25, -0.2) is 0 Å². The first-order valence-electron chi connectivity index (χ1n) is 7.61. The second-order valence-corrected chi connectivity index (χ2v) is 6.24. The standard InChI is InChI=1S/C18H17N3O3S/c1-12-5-3-7-14(9-12)19-16(22)11-25-18-21-20-17(24-18)13-6-4-8-15(10-13)23-2/h3-10H,11H2,1-2H3,(H,19,22). The van der Waals surface area contributed by atoms with Gasteiger partial charge in [-0.2, -0.15) is 0 Å². The van der Waals surface area contributed by atoms with Crippen molar-refractivity contribution in [3.8, 4) is 17.2 Å². The third kappa shape index (κ3) is 4.60. The summed E-state index contributed by atoms with van der Waals surface area (Å²) in [6, 6.07) is 15.0. The highest BCUT2D eigenvalue weighted by atomic mass is 32.2. The molecule has 0 saturated heterocycles. The average Bonchev–Trinajstić information content (AvgIpc) is 3.09. The molecule has 1 aromatic heterocycles. The monoisotopic (exact) mass is 355 g/mol. The molecule has 1 amide bonds. The summed E-state index contributed by atoms with van der Waals surface area (Å²) in [6.45, 7) is 1.98. The van der Waals surface area contributed by atoms with Gasteiger partial charge in [-0.15, -0.1) is 10.2 Å². The minimum Gasteiger partial charge on any atom is -0.497 e. The van der Waals surface area contributed by atoms with Crippen LogP contribution < -0.4 is 10.1 Å². The van der Waals surface area contributed by atoms with Crippen molar-refractivity contribution in [2.24, 2.45) is 0 Å². The molecule has 0 saturated carbocycles. The van der Waals surface area contributed by atoms with Gasteiger partial charge in [-0.05, 0) is 42.8 Å². The maximum Gasteiger partial charge on any atom is 0.277 e. The van der Waals surface area contributed by atoms with E-state index in [0.29, 0.717) is 16.9 Å². The van der Waals surface area contributed by atoms with Crippen LogP contribution in [0.5, 0.6) is 5.75 Å². The number of nitrogens with zero attached hydrogens (tertiary/aromatic N) is 2. The Kier molecular flexibility index (Phi) is 5.35. The van der Waals surface area contributed by atoms with Gasteiger partial charge in [0.1, 0.15) is 5.75 Å². The summed E-state index contributed by atoms with van der Waals surface area (Å²) in [7, 11) is 1.60. The second kappa shape index (κ2) is 7.85. The molecule has 0 fully saturated rings. The number of hydrogen-bond donors (Lipinski definition) is 1. The van der Waals surface area contributed by atoms with E-state index in [1.807, 2.05) is 55.5 Å². The number of benzene rings is 2. The predicted molar refractivity (Wildman–Crippen MR) is 96.8 cm³/mol. The summed E-state index contributed by atoms with van der Waals surface area (Å²) in [6.07, 6.45) is 0. The summed E-state index contributed by atoms with van der Waals surface area (Å²) >= 11 is 1.19. The van der Waals surface area contributed by atoms with Crippen LogP contribution in [0, 0.1) is 6.92 Å². The normalized spacial score (nSPS) is 10.5. The highest BCUT2D eigenvalue weighted by Gasteiger charge is 2.12. The summed E-state index contributed by atoms with van der Waals surface area (Å²) in [5.41, 5.74) is 2.63. The SMILES string of the molecule is COc1cccc(-c2nnc(SCC(=O)Nc3cccc(C)c3)o2)c1. The Labute approximate surface area is 149 Å². The topological polar surface area (TPSA) is 77.2 Å². The predicted octanol–water partition coefficient (Wildman–Crippen LogP) is 3.78. The molecule has 2 aromatic carbocycles. The number of hydrogen-bond acceptors (Lipinski definition) is 6. The van der Waals surface area contributed by atoms with Crippen LogP contribution in [0.25, 0.3) is 11.5 Å². The van der Waals surface area contributed by atoms with Crippen LogP contribution in [0.2, 0.25) is 0 Å². The van der Waals surface area contributed by atoms with Gasteiger partial charge in [0.2, 0.25) is 11.8 Å². The van der Waals surface area contributed by atoms with Crippen LogP contribution in [-0.2, 0) is 4.79 Å². The lowest BCUT2D eigenvalue weighted by molar-refractivity contribution is -0.113. The van der Waals surface area contributed by atoms with E-state index in [0.717, 1.165) is 16.8 Å². The third-order valence-electron chi connectivity index (χ3n) is 3.35. The molecule has 0 unspecified atom stereocenters. The minimum atomic E-state index is -0.128. The van der Waals surface area contributed by atoms with E-state index in [1.165, 1.54) is 11.8 Å². The van der Waals surface area contributed by atoms with Gasteiger partial charge in [0.25, 0.3) is 5.22 Å². The minimum absolute atomic E-state index is 0.128. The van der Waals surface area contributed by atoms with Crippen molar-refractivity contribution in [3.05, 3.63) is 54.1 Å². The number of anilines is 1. The van der Waals surface area contributed by atoms with Gasteiger partial charge in [-0.1, -0.05) is 30.0 Å². The maximum absolute atomic E-state index is 12.0. The first kappa shape index (κ1) is 17.0. The Balaban J connectivity index is 1.59. The molecule has 25 heavy (non-hydrogen) atoms. The molecule has 0 bridgehead atoms. The summed E-state index contributed by atoms with van der Waals surface area (Å²) in [4.78, 5) is 12.0. The Morgan fingerprint density at radius 2 is 2.04 bits per heavy atom. The summed E-state index contributed by atoms with van der Waals surface area (Å²) < 4.78 is 10.8. The van der Waals surface area contributed by atoms with Gasteiger partial charge in [0, 0.05) is 11.3 Å². The van der Waals surface area contributed by atoms with Gasteiger partial charge < -0.3 is 14.5 Å². The number of methoxy groups -OCH3 is 1. The van der Waals surface area contributed by atoms with Crippen LogP contribution in [0.1, 0.15) is 5.56 Å². The molecule has 0 radical (unpaired) electrons. The Bertz CT molecular complexity index is 879. The van der Waals surface area contributed by atoms with Crippen LogP contribution in [0.4, 0.5) is 5.69 Å². The first-order chi connectivity index (χ1) is 12.1. The largest absolute Gasteiger partial charge is 0.497 e. The highest BCUT2D eigenvalue weighted by molar-refractivity contribution is 7.99. The van der Waals surface area contributed by atoms with Gasteiger partial charge in [-0.3, -0.25) is 4.79 Å². The maximum atomic E-state index is 12.0. The number of aromatic nitrogens is 2. The lowest BCUT2D eigenvalue weighted by atomic mass is 10.2. The number of rotatable bonds is 6. The second-order valence-electron chi connectivity index (χ2n) is 5.31. The molecule has 128 valence electrons. The highest BCUT2D eigenvalue weighted by Crippen LogP contribution is 2.25. The number of carbonyl (C=O) groups is 1. The van der Waals surface area contributed by atoms with Crippen molar-refractivity contribution in [1.29, 1.82) is 0 Å². The summed E-state index contributed by atoms with van der Waals surface area (Å²) in [5, 5.41) is 11.2. The number of carbonyl (C=O) groups excluding carboxylic acids is 1. The van der Waals surface area contributed by atoms with Crippen LogP contribution in [0.15, 0.2) is 58.2 Å². The molecule has 7 heteroatoms. The summed E-state index contributed by atoms with van der Waals surface area (Å²) in [5.74, 6) is 1.16. The van der Waals surface area contributed by atoms with Crippen LogP contribution >= 0.6 is 11.8 Å². The fraction of sp³-hybridized carbons (Fsp3) is 0.167. The molecule has 3 rings (SSSR count). The molecular formula is C18H17N3O3S. The fourth-order valence-corrected chi connectivity index (χ4v) is 2.75. The molecule has 0 aliphatic rings. The molecule has 0 aliphatic heterocycles. The van der Waals surface area contributed by atoms with E-state index in [2.05, 4.69) is 15.5 Å². The van der Waals surface area contributed by atoms with Crippen LogP contribution in [0.3, 0.4) is 0 Å². The lowest BCUT2D eigenvalue weighted by Gasteiger charge is -2.04. The Hall–Kier alpha value is -2.80. The smallest absolute Gasteiger partial charge is 0.277 e. The van der Waals surface area contributed by atoms with Crippen LogP contribution in [-0.4, -0.2) is 29.0 Å². The fourth-order valence-electron chi connectivity index (χ4n) is 2.19. The van der Waals surface area contributed by atoms with Crippen molar-refractivity contribution in [1.82, 2.24) is 10.2 Å². The number of amides is 1. The zero-order valence-corrected chi connectivity index (χ0v) is 14.7. The van der Waals surface area contributed by atoms with Crippen molar-refractivity contribution < 1.29 is 13.9 Å².